The molecule has 1 heterocycles. The van der Waals surface area contributed by atoms with Crippen LogP contribution in [0.25, 0.3) is 0 Å². The maximum absolute atomic E-state index is 8.92. The van der Waals surface area contributed by atoms with Crippen molar-refractivity contribution in [3.63, 3.8) is 0 Å². The molecule has 0 aliphatic heterocycles. The van der Waals surface area contributed by atoms with Crippen molar-refractivity contribution in [2.45, 2.75) is 25.7 Å². The second-order valence-electron chi connectivity index (χ2n) is 5.79. The number of nitrogens with zero attached hydrogens (tertiary/aromatic N) is 3. The number of aliphatic imine (C=N–C) groups is 1. The Morgan fingerprint density at radius 2 is 1.79 bits per heavy atom. The van der Waals surface area contributed by atoms with Crippen LogP contribution in [-0.4, -0.2) is 24.1 Å². The van der Waals surface area contributed by atoms with Crippen molar-refractivity contribution in [2.75, 3.05) is 13.2 Å². The molecule has 0 amide bonds. The molecule has 2 N–H and O–H groups in total. The van der Waals surface area contributed by atoms with Crippen LogP contribution in [0.4, 0.5) is 5.69 Å². The molecule has 9 heteroatoms. The number of hydrogen-bond donors (Lipinski definition) is 2. The monoisotopic (exact) mass is 527 g/mol. The van der Waals surface area contributed by atoms with E-state index in [0.29, 0.717) is 29.8 Å². The van der Waals surface area contributed by atoms with E-state index in [1.165, 1.54) is 0 Å². The third kappa shape index (κ3) is 8.05. The minimum absolute atomic E-state index is 0.404. The van der Waals surface area contributed by atoms with Crippen LogP contribution < -0.4 is 15.4 Å². The Hall–Kier alpha value is -1.82. The van der Waals surface area contributed by atoms with Gasteiger partial charge in [0.05, 0.1) is 21.2 Å². The van der Waals surface area contributed by atoms with Crippen LogP contribution in [-0.2, 0) is 0 Å². The molecule has 0 saturated heterocycles. The standard InChI is InChI=1S/C19H20Br2ClN5O/c20-16-11-24-12-17(21)18(16)27-19(26-13-23)25-9-3-1-2-4-10-28-15-7-5-14(22)6-8-15/h5-8,11-12H,1-4,9-10H2,(H2,24,25,26,27). The van der Waals surface area contributed by atoms with Gasteiger partial charge >= 0.3 is 0 Å². The third-order valence-corrected chi connectivity index (χ3v) is 5.08. The number of ether oxygens (including phenoxy) is 1. The highest BCUT2D eigenvalue weighted by atomic mass is 79.9. The van der Waals surface area contributed by atoms with Crippen LogP contribution >= 0.6 is 43.5 Å². The molecule has 1 aromatic heterocycles. The van der Waals surface area contributed by atoms with Crippen molar-refractivity contribution < 1.29 is 4.74 Å². The van der Waals surface area contributed by atoms with Crippen molar-refractivity contribution in [3.8, 4) is 11.9 Å². The van der Waals surface area contributed by atoms with Crippen molar-refractivity contribution >= 4 is 55.1 Å². The van der Waals surface area contributed by atoms with E-state index >= 15 is 0 Å². The quantitative estimate of drug-likeness (QED) is 0.146. The lowest BCUT2D eigenvalue weighted by atomic mass is 10.2. The molecule has 6 nitrogen and oxygen atoms in total. The predicted octanol–water partition coefficient (Wildman–Crippen LogP) is 5.55. The Kier molecular flexibility index (Phi) is 10.1. The highest BCUT2D eigenvalue weighted by Gasteiger charge is 2.06. The first kappa shape index (κ1) is 22.5. The lowest BCUT2D eigenvalue weighted by molar-refractivity contribution is 0.304. The van der Waals surface area contributed by atoms with Crippen LogP contribution in [0.1, 0.15) is 25.7 Å². The number of unbranched alkanes of at least 4 members (excludes halogenated alkanes) is 3. The summed E-state index contributed by atoms with van der Waals surface area (Å²) in [5.41, 5.74) is 0.666. The molecule has 2 aromatic rings. The molecule has 148 valence electrons. The number of benzene rings is 1. The second-order valence-corrected chi connectivity index (χ2v) is 7.94. The van der Waals surface area contributed by atoms with Gasteiger partial charge < -0.3 is 10.1 Å². The Morgan fingerprint density at radius 1 is 1.11 bits per heavy atom. The first-order valence-electron chi connectivity index (χ1n) is 8.75. The molecule has 0 fully saturated rings. The topological polar surface area (TPSA) is 82.3 Å². The lowest BCUT2D eigenvalue weighted by Crippen LogP contribution is -2.34. The smallest absolute Gasteiger partial charge is 0.210 e. The van der Waals surface area contributed by atoms with E-state index in [4.69, 9.17) is 21.6 Å². The van der Waals surface area contributed by atoms with Gasteiger partial charge in [-0.2, -0.15) is 5.26 Å². The summed E-state index contributed by atoms with van der Waals surface area (Å²) in [6, 6.07) is 7.38. The number of halogens is 3. The summed E-state index contributed by atoms with van der Waals surface area (Å²) in [7, 11) is 0. The second kappa shape index (κ2) is 12.6. The van der Waals surface area contributed by atoms with Gasteiger partial charge in [-0.1, -0.05) is 24.4 Å². The first-order chi connectivity index (χ1) is 13.6. The summed E-state index contributed by atoms with van der Waals surface area (Å²) >= 11 is 12.7. The van der Waals surface area contributed by atoms with Gasteiger partial charge in [0.25, 0.3) is 0 Å². The Bertz CT molecular complexity index is 804. The molecule has 2 rings (SSSR count). The number of rotatable bonds is 9. The minimum Gasteiger partial charge on any atom is -0.494 e. The highest BCUT2D eigenvalue weighted by Crippen LogP contribution is 2.32. The summed E-state index contributed by atoms with van der Waals surface area (Å²) in [6.07, 6.45) is 9.27. The van der Waals surface area contributed by atoms with Crippen LogP contribution in [0.15, 0.2) is 50.6 Å². The van der Waals surface area contributed by atoms with Crippen molar-refractivity contribution in [2.24, 2.45) is 4.99 Å². The maximum atomic E-state index is 8.92. The average Bonchev–Trinajstić information content (AvgIpc) is 2.68. The Labute approximate surface area is 186 Å². The summed E-state index contributed by atoms with van der Waals surface area (Å²) in [4.78, 5) is 8.49. The fourth-order valence-corrected chi connectivity index (χ4v) is 3.53. The molecular weight excluding hydrogens is 510 g/mol. The molecule has 0 unspecified atom stereocenters. The SMILES string of the molecule is N#CNC(=Nc1c(Br)cncc1Br)NCCCCCCOc1ccc(Cl)cc1. The maximum Gasteiger partial charge on any atom is 0.210 e. The van der Waals surface area contributed by atoms with Gasteiger partial charge in [0.2, 0.25) is 5.96 Å². The molecule has 28 heavy (non-hydrogen) atoms. The zero-order chi connectivity index (χ0) is 20.2. The lowest BCUT2D eigenvalue weighted by Gasteiger charge is -2.09. The first-order valence-corrected chi connectivity index (χ1v) is 10.7. The predicted molar refractivity (Wildman–Crippen MR) is 119 cm³/mol. The van der Waals surface area contributed by atoms with Crippen LogP contribution in [0.2, 0.25) is 5.02 Å². The molecule has 0 atom stereocenters. The van der Waals surface area contributed by atoms with E-state index < -0.39 is 0 Å². The molecule has 0 spiro atoms. The van der Waals surface area contributed by atoms with E-state index in [-0.39, 0.29) is 0 Å². The third-order valence-electron chi connectivity index (χ3n) is 3.67. The molecule has 0 radical (unpaired) electrons. The fraction of sp³-hybridized carbons (Fsp3) is 0.316. The van der Waals surface area contributed by atoms with E-state index in [1.807, 2.05) is 30.5 Å². The van der Waals surface area contributed by atoms with Gasteiger partial charge in [-0.25, -0.2) is 4.99 Å². The normalized spacial score (nSPS) is 11.0. The van der Waals surface area contributed by atoms with E-state index in [1.54, 1.807) is 12.4 Å². The Morgan fingerprint density at radius 3 is 2.46 bits per heavy atom. The van der Waals surface area contributed by atoms with Crippen LogP contribution in [0, 0.1) is 11.5 Å². The largest absolute Gasteiger partial charge is 0.494 e. The molecule has 0 aliphatic rings. The van der Waals surface area contributed by atoms with Crippen molar-refractivity contribution in [1.29, 1.82) is 5.26 Å². The van der Waals surface area contributed by atoms with E-state index in [9.17, 15) is 0 Å². The minimum atomic E-state index is 0.404. The molecule has 0 saturated carbocycles. The molecule has 1 aromatic carbocycles. The number of pyridine rings is 1. The molecule has 0 bridgehead atoms. The Balaban J connectivity index is 1.67. The zero-order valence-corrected chi connectivity index (χ0v) is 19.0. The molecule has 0 aliphatic carbocycles. The van der Waals surface area contributed by atoms with Crippen molar-refractivity contribution in [1.82, 2.24) is 15.6 Å². The van der Waals surface area contributed by atoms with Crippen molar-refractivity contribution in [3.05, 3.63) is 50.6 Å². The average molecular weight is 530 g/mol. The van der Waals surface area contributed by atoms with Gasteiger partial charge in [0.15, 0.2) is 6.19 Å². The summed E-state index contributed by atoms with van der Waals surface area (Å²) in [6.45, 7) is 1.40. The fourth-order valence-electron chi connectivity index (χ4n) is 2.30. The molecular formula is C19H20Br2ClN5O. The van der Waals surface area contributed by atoms with Crippen LogP contribution in [0.5, 0.6) is 5.75 Å². The summed E-state index contributed by atoms with van der Waals surface area (Å²) in [5, 5.41) is 15.4. The van der Waals surface area contributed by atoms with Gasteiger partial charge in [-0.15, -0.1) is 0 Å². The number of aromatic nitrogens is 1. The highest BCUT2D eigenvalue weighted by molar-refractivity contribution is 9.11. The van der Waals surface area contributed by atoms with E-state index in [0.717, 1.165) is 40.4 Å². The van der Waals surface area contributed by atoms with Gasteiger partial charge in [0.1, 0.15) is 5.75 Å². The van der Waals surface area contributed by atoms with Crippen LogP contribution in [0.3, 0.4) is 0 Å². The number of guanidine groups is 1. The number of nitrogens with one attached hydrogen (secondary N) is 2. The van der Waals surface area contributed by atoms with Gasteiger partial charge in [-0.05, 0) is 69.0 Å². The van der Waals surface area contributed by atoms with E-state index in [2.05, 4.69) is 52.5 Å². The van der Waals surface area contributed by atoms with Gasteiger partial charge in [0, 0.05) is 24.0 Å². The number of nitriles is 1. The zero-order valence-electron chi connectivity index (χ0n) is 15.1. The summed E-state index contributed by atoms with van der Waals surface area (Å²) in [5.74, 6) is 1.24. The number of hydrogen-bond acceptors (Lipinski definition) is 4. The van der Waals surface area contributed by atoms with Gasteiger partial charge in [-0.3, -0.25) is 10.3 Å². The summed E-state index contributed by atoms with van der Waals surface area (Å²) < 4.78 is 7.15.